The van der Waals surface area contributed by atoms with Crippen LogP contribution in [0.3, 0.4) is 0 Å². The maximum Gasteiger partial charge on any atom is 0.119 e. The highest BCUT2D eigenvalue weighted by atomic mass is 16.5. The van der Waals surface area contributed by atoms with Crippen molar-refractivity contribution >= 4 is 11.3 Å². The molecule has 0 aliphatic heterocycles. The number of anilines is 1. The van der Waals surface area contributed by atoms with Crippen molar-refractivity contribution in [3.63, 3.8) is 0 Å². The SMILES string of the molecule is CCC/C(C1=C(C(C)C)C=CCC1)=C(/c1ccc(OC2CCCC2)cc1)c1ccc(N)cc1C. The van der Waals surface area contributed by atoms with E-state index < -0.39 is 0 Å². The highest BCUT2D eigenvalue weighted by Crippen LogP contribution is 2.40. The lowest BCUT2D eigenvalue weighted by atomic mass is 9.79. The van der Waals surface area contributed by atoms with Crippen LogP contribution in [0.25, 0.3) is 5.57 Å². The molecule has 0 bridgehead atoms. The third kappa shape index (κ3) is 5.49. The van der Waals surface area contributed by atoms with Gasteiger partial charge in [0.05, 0.1) is 6.10 Å². The molecular weight excluding hydrogens is 414 g/mol. The van der Waals surface area contributed by atoms with Crippen molar-refractivity contribution < 1.29 is 4.74 Å². The van der Waals surface area contributed by atoms with Gasteiger partial charge in [0.1, 0.15) is 5.75 Å². The van der Waals surface area contributed by atoms with Gasteiger partial charge in [0.2, 0.25) is 0 Å². The van der Waals surface area contributed by atoms with Gasteiger partial charge in [0, 0.05) is 5.69 Å². The number of ether oxygens (including phenoxy) is 1. The third-order valence-corrected chi connectivity index (χ3v) is 7.26. The van der Waals surface area contributed by atoms with E-state index in [2.05, 4.69) is 76.2 Å². The summed E-state index contributed by atoms with van der Waals surface area (Å²) in [5.74, 6) is 1.50. The average molecular weight is 456 g/mol. The Bertz CT molecular complexity index is 1080. The summed E-state index contributed by atoms with van der Waals surface area (Å²) in [4.78, 5) is 0. The van der Waals surface area contributed by atoms with Gasteiger partial charge < -0.3 is 10.5 Å². The van der Waals surface area contributed by atoms with E-state index in [0.717, 1.165) is 37.1 Å². The van der Waals surface area contributed by atoms with Crippen LogP contribution in [-0.4, -0.2) is 6.10 Å². The van der Waals surface area contributed by atoms with Gasteiger partial charge in [-0.1, -0.05) is 57.5 Å². The molecule has 0 spiro atoms. The van der Waals surface area contributed by atoms with Crippen LogP contribution >= 0.6 is 0 Å². The van der Waals surface area contributed by atoms with E-state index in [0.29, 0.717) is 12.0 Å². The number of nitrogen functional groups attached to an aromatic ring is 1. The van der Waals surface area contributed by atoms with Gasteiger partial charge in [-0.3, -0.25) is 0 Å². The zero-order valence-corrected chi connectivity index (χ0v) is 21.5. The summed E-state index contributed by atoms with van der Waals surface area (Å²) >= 11 is 0. The van der Waals surface area contributed by atoms with Crippen LogP contribution in [0.1, 0.15) is 88.8 Å². The number of nitrogens with two attached hydrogens (primary N) is 1. The Labute approximate surface area is 206 Å². The molecule has 1 saturated carbocycles. The first kappa shape index (κ1) is 24.4. The van der Waals surface area contributed by atoms with Crippen LogP contribution < -0.4 is 10.5 Å². The highest BCUT2D eigenvalue weighted by Gasteiger charge is 2.22. The topological polar surface area (TPSA) is 35.2 Å². The van der Waals surface area contributed by atoms with Gasteiger partial charge in [0.15, 0.2) is 0 Å². The summed E-state index contributed by atoms with van der Waals surface area (Å²) in [5, 5.41) is 0. The molecule has 2 aromatic carbocycles. The molecule has 2 heteroatoms. The minimum Gasteiger partial charge on any atom is -0.490 e. The summed E-state index contributed by atoms with van der Waals surface area (Å²) in [7, 11) is 0. The van der Waals surface area contributed by atoms with Gasteiger partial charge in [-0.25, -0.2) is 0 Å². The Kier molecular flexibility index (Phi) is 7.98. The fraction of sp³-hybridized carbons (Fsp3) is 0.438. The molecule has 0 radical (unpaired) electrons. The van der Waals surface area contributed by atoms with Crippen molar-refractivity contribution in [3.8, 4) is 5.75 Å². The van der Waals surface area contributed by atoms with E-state index >= 15 is 0 Å². The second-order valence-corrected chi connectivity index (χ2v) is 10.3. The van der Waals surface area contributed by atoms with Gasteiger partial charge in [-0.05, 0) is 121 Å². The van der Waals surface area contributed by atoms with Crippen LogP contribution in [0.4, 0.5) is 5.69 Å². The van der Waals surface area contributed by atoms with Crippen LogP contribution in [0.2, 0.25) is 0 Å². The average Bonchev–Trinajstić information content (AvgIpc) is 3.34. The smallest absolute Gasteiger partial charge is 0.119 e. The van der Waals surface area contributed by atoms with Gasteiger partial charge in [-0.2, -0.15) is 0 Å². The second kappa shape index (κ2) is 11.1. The van der Waals surface area contributed by atoms with Crippen molar-refractivity contribution in [3.05, 3.63) is 88.0 Å². The van der Waals surface area contributed by atoms with Crippen LogP contribution in [-0.2, 0) is 0 Å². The summed E-state index contributed by atoms with van der Waals surface area (Å²) in [6, 6.07) is 15.2. The van der Waals surface area contributed by atoms with Crippen LogP contribution in [0.5, 0.6) is 5.75 Å². The monoisotopic (exact) mass is 455 g/mol. The lowest BCUT2D eigenvalue weighted by molar-refractivity contribution is 0.210. The predicted molar refractivity (Wildman–Crippen MR) is 146 cm³/mol. The van der Waals surface area contributed by atoms with Crippen LogP contribution in [0.15, 0.2) is 71.3 Å². The molecule has 1 fully saturated rings. The molecule has 2 N–H and O–H groups in total. The van der Waals surface area contributed by atoms with Crippen molar-refractivity contribution in [1.82, 2.24) is 0 Å². The standard InChI is InChI=1S/C32H41NO/c1-5-10-31(30-14-9-8-13-28(30)22(2)3)32(29-20-17-25(33)21-23(29)4)24-15-18-27(19-16-24)34-26-11-6-7-12-26/h8,13,15-22,26H,5-7,9-12,14,33H2,1-4H3/b32-31+. The Morgan fingerprint density at radius 1 is 1.06 bits per heavy atom. The largest absolute Gasteiger partial charge is 0.490 e. The molecule has 0 unspecified atom stereocenters. The number of hydrogen-bond acceptors (Lipinski definition) is 2. The van der Waals surface area contributed by atoms with Gasteiger partial charge in [0.25, 0.3) is 0 Å². The molecule has 0 saturated heterocycles. The summed E-state index contributed by atoms with van der Waals surface area (Å²) in [6.45, 7) is 9.11. The fourth-order valence-corrected chi connectivity index (χ4v) is 5.58. The van der Waals surface area contributed by atoms with E-state index in [-0.39, 0.29) is 0 Å². The Morgan fingerprint density at radius 2 is 1.79 bits per heavy atom. The molecule has 0 heterocycles. The highest BCUT2D eigenvalue weighted by molar-refractivity contribution is 5.87. The molecule has 2 aliphatic carbocycles. The summed E-state index contributed by atoms with van der Waals surface area (Å²) < 4.78 is 6.28. The van der Waals surface area contributed by atoms with Crippen molar-refractivity contribution in [1.29, 1.82) is 0 Å². The molecule has 2 aliphatic rings. The lowest BCUT2D eigenvalue weighted by Gasteiger charge is -2.26. The molecular formula is C32H41NO. The lowest BCUT2D eigenvalue weighted by Crippen LogP contribution is -2.10. The Hall–Kier alpha value is -2.74. The quantitative estimate of drug-likeness (QED) is 0.404. The molecule has 2 nitrogen and oxygen atoms in total. The minimum absolute atomic E-state index is 0.378. The number of rotatable bonds is 8. The maximum atomic E-state index is 6.28. The predicted octanol–water partition coefficient (Wildman–Crippen LogP) is 8.80. The molecule has 0 atom stereocenters. The van der Waals surface area contributed by atoms with E-state index in [1.54, 1.807) is 0 Å². The van der Waals surface area contributed by atoms with E-state index in [1.165, 1.54) is 64.7 Å². The zero-order valence-electron chi connectivity index (χ0n) is 21.5. The van der Waals surface area contributed by atoms with E-state index in [1.807, 2.05) is 6.07 Å². The first-order chi connectivity index (χ1) is 16.5. The summed E-state index contributed by atoms with van der Waals surface area (Å²) in [5.41, 5.74) is 16.6. The fourth-order valence-electron chi connectivity index (χ4n) is 5.58. The Morgan fingerprint density at radius 3 is 2.44 bits per heavy atom. The number of allylic oxidation sites excluding steroid dienone is 5. The third-order valence-electron chi connectivity index (χ3n) is 7.26. The first-order valence-corrected chi connectivity index (χ1v) is 13.2. The van der Waals surface area contributed by atoms with E-state index in [9.17, 15) is 0 Å². The summed E-state index contributed by atoms with van der Waals surface area (Å²) in [6.07, 6.45) is 14.4. The second-order valence-electron chi connectivity index (χ2n) is 10.3. The molecule has 4 rings (SSSR count). The van der Waals surface area contributed by atoms with Gasteiger partial charge >= 0.3 is 0 Å². The Balaban J connectivity index is 1.87. The van der Waals surface area contributed by atoms with Crippen molar-refractivity contribution in [2.75, 3.05) is 5.73 Å². The molecule has 180 valence electrons. The normalized spacial score (nSPS) is 17.4. The van der Waals surface area contributed by atoms with Crippen molar-refractivity contribution in [2.45, 2.75) is 85.2 Å². The van der Waals surface area contributed by atoms with E-state index in [4.69, 9.17) is 10.5 Å². The minimum atomic E-state index is 0.378. The number of aryl methyl sites for hydroxylation is 1. The number of hydrogen-bond donors (Lipinski definition) is 1. The molecule has 0 aromatic heterocycles. The zero-order chi connectivity index (χ0) is 24.1. The van der Waals surface area contributed by atoms with Crippen molar-refractivity contribution in [2.24, 2.45) is 5.92 Å². The van der Waals surface area contributed by atoms with Gasteiger partial charge in [-0.15, -0.1) is 0 Å². The molecule has 34 heavy (non-hydrogen) atoms. The van der Waals surface area contributed by atoms with Crippen LogP contribution in [0, 0.1) is 12.8 Å². The molecule has 2 aromatic rings. The first-order valence-electron chi connectivity index (χ1n) is 13.2. The maximum absolute atomic E-state index is 6.28. The number of benzene rings is 2. The molecule has 0 amide bonds.